The van der Waals surface area contributed by atoms with Gasteiger partial charge in [-0.1, -0.05) is 43.4 Å². The molecule has 1 atom stereocenters. The van der Waals surface area contributed by atoms with Crippen LogP contribution in [0.25, 0.3) is 0 Å². The molecule has 0 N–H and O–H groups in total. The van der Waals surface area contributed by atoms with Crippen LogP contribution >= 0.6 is 11.6 Å². The zero-order chi connectivity index (χ0) is 12.1. The van der Waals surface area contributed by atoms with E-state index in [9.17, 15) is 0 Å². The third-order valence-electron chi connectivity index (χ3n) is 3.23. The van der Waals surface area contributed by atoms with Crippen LogP contribution in [0.2, 0.25) is 19.6 Å². The lowest BCUT2D eigenvalue weighted by molar-refractivity contribution is -0.158. The predicted octanol–water partition coefficient (Wildman–Crippen LogP) is 3.31. The Bertz CT molecular complexity index is 362. The van der Waals surface area contributed by atoms with Crippen molar-refractivity contribution in [3.05, 3.63) is 22.4 Å². The van der Waals surface area contributed by atoms with Crippen molar-refractivity contribution in [1.29, 1.82) is 0 Å². The maximum Gasteiger partial charge on any atom is 0.215 e. The van der Waals surface area contributed by atoms with Crippen LogP contribution in [-0.2, 0) is 9.47 Å². The Kier molecular flexibility index (Phi) is 2.86. The Hall–Kier alpha value is -0.0931. The summed E-state index contributed by atoms with van der Waals surface area (Å²) in [6.07, 6.45) is 0. The Morgan fingerprint density at radius 3 is 2.25 bits per heavy atom. The van der Waals surface area contributed by atoms with Crippen molar-refractivity contribution < 1.29 is 9.47 Å². The van der Waals surface area contributed by atoms with Crippen LogP contribution in [0.5, 0.6) is 0 Å². The molecule has 0 radical (unpaired) electrons. The van der Waals surface area contributed by atoms with Crippen LogP contribution in [0.3, 0.4) is 0 Å². The molecule has 0 aromatic heterocycles. The molecule has 1 aliphatic carbocycles. The molecule has 0 bridgehead atoms. The van der Waals surface area contributed by atoms with Gasteiger partial charge in [0.25, 0.3) is 0 Å². The van der Waals surface area contributed by atoms with Gasteiger partial charge in [-0.05, 0) is 12.1 Å². The van der Waals surface area contributed by atoms with Gasteiger partial charge in [0.05, 0.1) is 32.2 Å². The van der Waals surface area contributed by atoms with Gasteiger partial charge < -0.3 is 9.47 Å². The maximum atomic E-state index is 6.42. The molecule has 0 amide bonds. The molecule has 16 heavy (non-hydrogen) atoms. The molecule has 2 nitrogen and oxygen atoms in total. The van der Waals surface area contributed by atoms with E-state index in [2.05, 4.69) is 26.2 Å². The normalized spacial score (nSPS) is 28.4. The van der Waals surface area contributed by atoms with Crippen molar-refractivity contribution in [1.82, 2.24) is 0 Å². The van der Waals surface area contributed by atoms with Gasteiger partial charge in [0.15, 0.2) is 0 Å². The number of rotatable bonds is 2. The average Bonchev–Trinajstić information content (AvgIpc) is 2.60. The molecule has 90 valence electrons. The van der Waals surface area contributed by atoms with Gasteiger partial charge in [0.2, 0.25) is 5.79 Å². The Labute approximate surface area is 103 Å². The topological polar surface area (TPSA) is 18.5 Å². The fraction of sp³-hybridized carbons (Fsp3) is 0.667. The minimum Gasteiger partial charge on any atom is -0.342 e. The highest BCUT2D eigenvalue weighted by molar-refractivity contribution is 6.84. The number of ether oxygens (including phenoxy) is 2. The molecule has 2 rings (SSSR count). The average molecular weight is 259 g/mol. The summed E-state index contributed by atoms with van der Waals surface area (Å²) < 4.78 is 11.5. The molecule has 0 aromatic carbocycles. The van der Waals surface area contributed by atoms with Crippen LogP contribution in [0.1, 0.15) is 6.92 Å². The summed E-state index contributed by atoms with van der Waals surface area (Å²) >= 11 is 6.42. The Morgan fingerprint density at radius 1 is 1.38 bits per heavy atom. The number of hydrogen-bond acceptors (Lipinski definition) is 2. The van der Waals surface area contributed by atoms with Crippen molar-refractivity contribution >= 4 is 19.7 Å². The fourth-order valence-electron chi connectivity index (χ4n) is 2.61. The minimum atomic E-state index is -1.43. The van der Waals surface area contributed by atoms with Crippen LogP contribution in [-0.4, -0.2) is 27.1 Å². The van der Waals surface area contributed by atoms with Gasteiger partial charge >= 0.3 is 0 Å². The molecule has 1 aliphatic heterocycles. The monoisotopic (exact) mass is 258 g/mol. The zero-order valence-electron chi connectivity index (χ0n) is 10.4. The second-order valence-corrected chi connectivity index (χ2v) is 11.0. The highest BCUT2D eigenvalue weighted by Crippen LogP contribution is 2.57. The maximum absolute atomic E-state index is 6.42. The lowest BCUT2D eigenvalue weighted by Gasteiger charge is -2.50. The summed E-state index contributed by atoms with van der Waals surface area (Å²) in [5, 5.41) is 2.13. The molecule has 0 saturated carbocycles. The SMILES string of the molecule is C=C(C)C1C([Si](C)(C)C)=C(Cl)C12OCCO2. The lowest BCUT2D eigenvalue weighted by atomic mass is 9.81. The van der Waals surface area contributed by atoms with Crippen molar-refractivity contribution in [2.24, 2.45) is 5.92 Å². The molecule has 1 heterocycles. The van der Waals surface area contributed by atoms with Crippen molar-refractivity contribution in [3.63, 3.8) is 0 Å². The quantitative estimate of drug-likeness (QED) is 0.559. The number of halogens is 1. The van der Waals surface area contributed by atoms with E-state index in [-0.39, 0.29) is 5.92 Å². The summed E-state index contributed by atoms with van der Waals surface area (Å²) in [4.78, 5) is 0. The molecule has 1 fully saturated rings. The van der Waals surface area contributed by atoms with Gasteiger partial charge in [-0.25, -0.2) is 0 Å². The first-order chi connectivity index (χ1) is 7.31. The molecule has 2 aliphatic rings. The predicted molar refractivity (Wildman–Crippen MR) is 69.2 cm³/mol. The first-order valence-electron chi connectivity index (χ1n) is 5.64. The standard InChI is InChI=1S/C12H19ClO2Si/c1-8(2)9-10(16(3,4)5)11(13)12(9)14-6-7-15-12/h9H,1,6-7H2,2-5H3. The minimum absolute atomic E-state index is 0.161. The lowest BCUT2D eigenvalue weighted by Crippen LogP contribution is -2.55. The molecule has 4 heteroatoms. The van der Waals surface area contributed by atoms with Crippen molar-refractivity contribution in [2.75, 3.05) is 13.2 Å². The summed E-state index contributed by atoms with van der Waals surface area (Å²) in [6.45, 7) is 14.2. The van der Waals surface area contributed by atoms with Gasteiger partial charge in [-0.2, -0.15) is 0 Å². The van der Waals surface area contributed by atoms with E-state index in [1.54, 1.807) is 0 Å². The van der Waals surface area contributed by atoms with E-state index < -0.39 is 13.9 Å². The van der Waals surface area contributed by atoms with Crippen LogP contribution in [0, 0.1) is 5.92 Å². The van der Waals surface area contributed by atoms with Crippen molar-refractivity contribution in [3.8, 4) is 0 Å². The van der Waals surface area contributed by atoms with E-state index in [0.29, 0.717) is 13.2 Å². The molecule has 0 aromatic rings. The summed E-state index contributed by atoms with van der Waals surface area (Å²) in [6, 6.07) is 0. The van der Waals surface area contributed by atoms with Gasteiger partial charge in [0, 0.05) is 0 Å². The molecule has 1 unspecified atom stereocenters. The molecule has 1 saturated heterocycles. The van der Waals surface area contributed by atoms with Crippen LogP contribution < -0.4 is 0 Å². The number of hydrogen-bond donors (Lipinski definition) is 0. The van der Waals surface area contributed by atoms with E-state index in [0.717, 1.165) is 10.6 Å². The highest BCUT2D eigenvalue weighted by Gasteiger charge is 2.60. The summed E-state index contributed by atoms with van der Waals surface area (Å²) in [5.41, 5.74) is 1.09. The summed E-state index contributed by atoms with van der Waals surface area (Å²) in [5.74, 6) is -0.516. The largest absolute Gasteiger partial charge is 0.342 e. The second kappa shape index (κ2) is 3.70. The molecular weight excluding hydrogens is 240 g/mol. The smallest absolute Gasteiger partial charge is 0.215 e. The van der Waals surface area contributed by atoms with Gasteiger partial charge in [-0.3, -0.25) is 0 Å². The third-order valence-corrected chi connectivity index (χ3v) is 6.01. The Balaban J connectivity index is 2.45. The Morgan fingerprint density at radius 2 is 1.88 bits per heavy atom. The van der Waals surface area contributed by atoms with Gasteiger partial charge in [0.1, 0.15) is 0 Å². The van der Waals surface area contributed by atoms with E-state index >= 15 is 0 Å². The van der Waals surface area contributed by atoms with Crippen molar-refractivity contribution in [2.45, 2.75) is 32.4 Å². The van der Waals surface area contributed by atoms with Gasteiger partial charge in [-0.15, -0.1) is 0 Å². The van der Waals surface area contributed by atoms with Crippen LogP contribution in [0.4, 0.5) is 0 Å². The third kappa shape index (κ3) is 1.53. The molecular formula is C12H19ClO2Si. The van der Waals surface area contributed by atoms with E-state index in [4.69, 9.17) is 21.1 Å². The first kappa shape index (κ1) is 12.4. The summed E-state index contributed by atoms with van der Waals surface area (Å²) in [7, 11) is -1.43. The van der Waals surface area contributed by atoms with Crippen LogP contribution in [0.15, 0.2) is 22.4 Å². The van der Waals surface area contributed by atoms with E-state index in [1.165, 1.54) is 5.20 Å². The highest BCUT2D eigenvalue weighted by atomic mass is 35.5. The van der Waals surface area contributed by atoms with E-state index in [1.807, 2.05) is 6.92 Å². The second-order valence-electron chi connectivity index (χ2n) is 5.62. The molecule has 1 spiro atoms. The fourth-order valence-corrected chi connectivity index (χ4v) is 5.92. The first-order valence-corrected chi connectivity index (χ1v) is 9.52. The zero-order valence-corrected chi connectivity index (χ0v) is 12.1.